The van der Waals surface area contributed by atoms with Gasteiger partial charge < -0.3 is 29.8 Å². The van der Waals surface area contributed by atoms with Crippen LogP contribution in [0, 0.1) is 0 Å². The van der Waals surface area contributed by atoms with Crippen LogP contribution < -0.4 is 15.2 Å². The molecule has 0 unspecified atom stereocenters. The number of azo groups is 1. The SMILES string of the molecule is CC(=O)OCCOc1cc(/N=N/c2ccc(C(=O)O)cc2)c(OCCOC(C)=O)cc1N. The number of ether oxygens (including phenoxy) is 4. The molecule has 170 valence electrons. The van der Waals surface area contributed by atoms with Gasteiger partial charge in [0.05, 0.1) is 16.9 Å². The van der Waals surface area contributed by atoms with Crippen LogP contribution >= 0.6 is 0 Å². The molecule has 0 aliphatic carbocycles. The van der Waals surface area contributed by atoms with Gasteiger partial charge in [0.25, 0.3) is 0 Å². The molecule has 0 saturated heterocycles. The van der Waals surface area contributed by atoms with Crippen LogP contribution in [0.4, 0.5) is 17.1 Å². The number of carbonyl (C=O) groups is 3. The van der Waals surface area contributed by atoms with Crippen molar-refractivity contribution in [1.29, 1.82) is 0 Å². The molecule has 0 amide bonds. The number of rotatable bonds is 11. The van der Waals surface area contributed by atoms with E-state index in [1.54, 1.807) is 0 Å². The van der Waals surface area contributed by atoms with Crippen LogP contribution in [0.5, 0.6) is 11.5 Å². The lowest BCUT2D eigenvalue weighted by Gasteiger charge is -2.13. The van der Waals surface area contributed by atoms with Crippen LogP contribution in [-0.2, 0) is 19.1 Å². The van der Waals surface area contributed by atoms with E-state index in [0.717, 1.165) is 0 Å². The molecule has 11 heteroatoms. The van der Waals surface area contributed by atoms with Crippen LogP contribution in [-0.4, -0.2) is 49.4 Å². The lowest BCUT2D eigenvalue weighted by Crippen LogP contribution is -2.11. The Labute approximate surface area is 183 Å². The number of carboxylic acid groups (broad SMARTS) is 1. The molecule has 32 heavy (non-hydrogen) atoms. The van der Waals surface area contributed by atoms with Gasteiger partial charge in [-0.3, -0.25) is 9.59 Å². The number of nitrogen functional groups attached to an aromatic ring is 1. The molecular weight excluding hydrogens is 422 g/mol. The summed E-state index contributed by atoms with van der Waals surface area (Å²) >= 11 is 0. The summed E-state index contributed by atoms with van der Waals surface area (Å²) in [4.78, 5) is 32.7. The molecule has 2 aromatic carbocycles. The molecule has 0 fully saturated rings. The van der Waals surface area contributed by atoms with Crippen molar-refractivity contribution in [2.45, 2.75) is 13.8 Å². The highest BCUT2D eigenvalue weighted by Crippen LogP contribution is 2.37. The summed E-state index contributed by atoms with van der Waals surface area (Å²) in [5, 5.41) is 17.2. The molecule has 2 rings (SSSR count). The summed E-state index contributed by atoms with van der Waals surface area (Å²) in [6, 6.07) is 8.79. The van der Waals surface area contributed by atoms with Crippen LogP contribution in [0.2, 0.25) is 0 Å². The van der Waals surface area contributed by atoms with Crippen molar-refractivity contribution >= 4 is 35.0 Å². The van der Waals surface area contributed by atoms with Crippen LogP contribution in [0.1, 0.15) is 24.2 Å². The summed E-state index contributed by atoms with van der Waals surface area (Å²) in [5.41, 5.74) is 7.06. The Morgan fingerprint density at radius 2 is 1.41 bits per heavy atom. The van der Waals surface area contributed by atoms with Crippen molar-refractivity contribution in [3.8, 4) is 11.5 Å². The zero-order valence-electron chi connectivity index (χ0n) is 17.6. The predicted molar refractivity (Wildman–Crippen MR) is 113 cm³/mol. The van der Waals surface area contributed by atoms with Crippen molar-refractivity contribution in [2.75, 3.05) is 32.2 Å². The number of nitrogens with two attached hydrogens (primary N) is 1. The third-order valence-electron chi connectivity index (χ3n) is 3.77. The number of nitrogens with zero attached hydrogens (tertiary/aromatic N) is 2. The van der Waals surface area contributed by atoms with Gasteiger partial charge in [0.2, 0.25) is 0 Å². The summed E-state index contributed by atoms with van der Waals surface area (Å²) in [5.74, 6) is -1.37. The van der Waals surface area contributed by atoms with E-state index in [4.69, 9.17) is 29.8 Å². The number of hydrogen-bond acceptors (Lipinski definition) is 10. The van der Waals surface area contributed by atoms with Gasteiger partial charge in [-0.1, -0.05) is 0 Å². The van der Waals surface area contributed by atoms with Gasteiger partial charge in [0, 0.05) is 26.0 Å². The van der Waals surface area contributed by atoms with Gasteiger partial charge in [-0.25, -0.2) is 4.79 Å². The summed E-state index contributed by atoms with van der Waals surface area (Å²) in [6.45, 7) is 2.78. The number of aromatic carboxylic acids is 1. The van der Waals surface area contributed by atoms with E-state index < -0.39 is 17.9 Å². The number of esters is 2. The largest absolute Gasteiger partial charge is 0.488 e. The Bertz CT molecular complexity index is 989. The topological polar surface area (TPSA) is 159 Å². The number of carboxylic acids is 1. The first-order valence-corrected chi connectivity index (χ1v) is 9.47. The zero-order chi connectivity index (χ0) is 23.5. The molecule has 0 heterocycles. The Hall–Kier alpha value is -4.15. The highest BCUT2D eigenvalue weighted by molar-refractivity contribution is 5.87. The Morgan fingerprint density at radius 3 is 1.94 bits per heavy atom. The molecular formula is C21H23N3O8. The lowest BCUT2D eigenvalue weighted by molar-refractivity contribution is -0.142. The maximum Gasteiger partial charge on any atom is 0.335 e. The van der Waals surface area contributed by atoms with E-state index in [0.29, 0.717) is 5.69 Å². The number of carbonyl (C=O) groups excluding carboxylic acids is 2. The Morgan fingerprint density at radius 1 is 0.844 bits per heavy atom. The number of benzene rings is 2. The highest BCUT2D eigenvalue weighted by atomic mass is 16.6. The third-order valence-corrected chi connectivity index (χ3v) is 3.77. The maximum atomic E-state index is 11.0. The zero-order valence-corrected chi connectivity index (χ0v) is 17.6. The smallest absolute Gasteiger partial charge is 0.335 e. The summed E-state index contributed by atoms with van der Waals surface area (Å²) < 4.78 is 20.8. The second kappa shape index (κ2) is 11.9. The van der Waals surface area contributed by atoms with E-state index in [1.165, 1.54) is 50.2 Å². The third kappa shape index (κ3) is 7.94. The van der Waals surface area contributed by atoms with Crippen LogP contribution in [0.3, 0.4) is 0 Å². The molecule has 3 N–H and O–H groups in total. The summed E-state index contributed by atoms with van der Waals surface area (Å²) in [7, 11) is 0. The second-order valence-corrected chi connectivity index (χ2v) is 6.29. The average Bonchev–Trinajstić information content (AvgIpc) is 2.74. The molecule has 2 aromatic rings. The molecule has 0 bridgehead atoms. The molecule has 11 nitrogen and oxygen atoms in total. The lowest BCUT2D eigenvalue weighted by atomic mass is 10.2. The van der Waals surface area contributed by atoms with Gasteiger partial charge in [-0.2, -0.15) is 5.11 Å². The van der Waals surface area contributed by atoms with E-state index in [9.17, 15) is 14.4 Å². The van der Waals surface area contributed by atoms with Gasteiger partial charge in [-0.05, 0) is 24.3 Å². The molecule has 0 spiro atoms. The normalized spacial score (nSPS) is 10.6. The quantitative estimate of drug-likeness (QED) is 0.229. The average molecular weight is 445 g/mol. The highest BCUT2D eigenvalue weighted by Gasteiger charge is 2.12. The fourth-order valence-electron chi connectivity index (χ4n) is 2.34. The minimum absolute atomic E-state index is 0.0309. The first-order valence-electron chi connectivity index (χ1n) is 9.47. The van der Waals surface area contributed by atoms with Crippen LogP contribution in [0.25, 0.3) is 0 Å². The maximum absolute atomic E-state index is 11.0. The molecule has 0 radical (unpaired) electrons. The van der Waals surface area contributed by atoms with Crippen molar-refractivity contribution in [2.24, 2.45) is 10.2 Å². The van der Waals surface area contributed by atoms with Gasteiger partial charge in [0.15, 0.2) is 0 Å². The van der Waals surface area contributed by atoms with E-state index in [1.807, 2.05) is 0 Å². The molecule has 0 aliphatic rings. The molecule has 0 saturated carbocycles. The van der Waals surface area contributed by atoms with E-state index in [-0.39, 0.29) is 54.9 Å². The second-order valence-electron chi connectivity index (χ2n) is 6.29. The van der Waals surface area contributed by atoms with Crippen molar-refractivity contribution in [1.82, 2.24) is 0 Å². The predicted octanol–water partition coefficient (Wildman–Crippen LogP) is 3.27. The molecule has 0 atom stereocenters. The Balaban J connectivity index is 2.21. The van der Waals surface area contributed by atoms with E-state index in [2.05, 4.69) is 10.2 Å². The van der Waals surface area contributed by atoms with Crippen molar-refractivity contribution in [3.05, 3.63) is 42.0 Å². The first-order chi connectivity index (χ1) is 15.3. The van der Waals surface area contributed by atoms with E-state index >= 15 is 0 Å². The van der Waals surface area contributed by atoms with Crippen molar-refractivity contribution < 1.29 is 38.4 Å². The minimum Gasteiger partial charge on any atom is -0.488 e. The fraction of sp³-hybridized carbons (Fsp3) is 0.286. The monoisotopic (exact) mass is 445 g/mol. The van der Waals surface area contributed by atoms with Crippen LogP contribution in [0.15, 0.2) is 46.6 Å². The molecule has 0 aliphatic heterocycles. The number of hydrogen-bond donors (Lipinski definition) is 2. The Kier molecular flexibility index (Phi) is 8.96. The summed E-state index contributed by atoms with van der Waals surface area (Å²) in [6.07, 6.45) is 0. The number of anilines is 1. The van der Waals surface area contributed by atoms with Gasteiger partial charge in [0.1, 0.15) is 43.6 Å². The fourth-order valence-corrected chi connectivity index (χ4v) is 2.34. The van der Waals surface area contributed by atoms with Gasteiger partial charge in [-0.15, -0.1) is 5.11 Å². The van der Waals surface area contributed by atoms with Gasteiger partial charge >= 0.3 is 17.9 Å². The van der Waals surface area contributed by atoms with Crippen molar-refractivity contribution in [3.63, 3.8) is 0 Å². The standard InChI is InChI=1S/C21H23N3O8/c1-13(25)29-7-9-31-19-12-18(20(11-17(19)22)32-10-8-30-14(2)26)24-23-16-5-3-15(4-6-16)21(27)28/h3-6,11-12H,7-10,22H2,1-2H3,(H,27,28)/b24-23+. The molecule has 0 aromatic heterocycles. The first kappa shape index (κ1) is 24.1. The minimum atomic E-state index is -1.05.